The summed E-state index contributed by atoms with van der Waals surface area (Å²) in [6.07, 6.45) is 1.11. The molecule has 2 aromatic rings. The van der Waals surface area contributed by atoms with Crippen LogP contribution in [0.25, 0.3) is 0 Å². The number of hydrogen-bond donors (Lipinski definition) is 1. The van der Waals surface area contributed by atoms with E-state index in [9.17, 15) is 0 Å². The van der Waals surface area contributed by atoms with Crippen molar-refractivity contribution in [3.05, 3.63) is 58.3 Å². The van der Waals surface area contributed by atoms with E-state index in [0.29, 0.717) is 0 Å². The molecule has 0 saturated carbocycles. The van der Waals surface area contributed by atoms with E-state index in [1.54, 1.807) is 11.8 Å². The number of thiophene rings is 1. The van der Waals surface area contributed by atoms with Crippen molar-refractivity contribution in [1.29, 1.82) is 0 Å². The first kappa shape index (κ1) is 14.6. The Morgan fingerprint density at radius 3 is 2.81 bits per heavy atom. The fraction of sp³-hybridized carbons (Fsp3) is 0.312. The molecule has 0 bridgehead atoms. The van der Waals surface area contributed by atoms with Crippen molar-refractivity contribution in [2.75, 3.05) is 19.9 Å². The zero-order valence-corrected chi connectivity index (χ0v) is 13.5. The lowest BCUT2D eigenvalue weighted by Gasteiger charge is -2.26. The van der Waals surface area contributed by atoms with Gasteiger partial charge in [0.1, 0.15) is 0 Å². The fourth-order valence-electron chi connectivity index (χ4n) is 2.15. The summed E-state index contributed by atoms with van der Waals surface area (Å²) < 4.78 is 0. The van der Waals surface area contributed by atoms with Crippen LogP contribution in [0, 0.1) is 0 Å². The summed E-state index contributed by atoms with van der Waals surface area (Å²) in [5.74, 6) is 0.974. The van der Waals surface area contributed by atoms with E-state index in [-0.39, 0.29) is 0 Å². The van der Waals surface area contributed by atoms with Gasteiger partial charge in [0.15, 0.2) is 5.17 Å². The topological polar surface area (TPSA) is 27.6 Å². The second-order valence-electron chi connectivity index (χ2n) is 4.94. The molecule has 21 heavy (non-hydrogen) atoms. The second-order valence-corrected chi connectivity index (χ2v) is 6.93. The molecule has 2 heterocycles. The molecule has 1 aliphatic heterocycles. The molecule has 0 unspecified atom stereocenters. The highest BCUT2D eigenvalue weighted by atomic mass is 32.2. The van der Waals surface area contributed by atoms with Crippen LogP contribution in [0.4, 0.5) is 0 Å². The fourth-order valence-corrected chi connectivity index (χ4v) is 3.65. The summed E-state index contributed by atoms with van der Waals surface area (Å²) in [6.45, 7) is 2.76. The van der Waals surface area contributed by atoms with Gasteiger partial charge in [0.25, 0.3) is 0 Å². The molecule has 5 heteroatoms. The SMILES string of the molecule is c1ccc(CSC2=NCN(CCc3cccs3)CN2)cc1. The van der Waals surface area contributed by atoms with Gasteiger partial charge < -0.3 is 5.32 Å². The molecular weight excluding hydrogens is 298 g/mol. The number of nitrogens with zero attached hydrogens (tertiary/aromatic N) is 2. The molecule has 0 saturated heterocycles. The maximum atomic E-state index is 4.62. The monoisotopic (exact) mass is 317 g/mol. The van der Waals surface area contributed by atoms with Crippen LogP contribution in [-0.4, -0.2) is 29.9 Å². The third-order valence-electron chi connectivity index (χ3n) is 3.34. The summed E-state index contributed by atoms with van der Waals surface area (Å²) >= 11 is 3.61. The van der Waals surface area contributed by atoms with Crippen LogP contribution in [0.3, 0.4) is 0 Å². The van der Waals surface area contributed by atoms with Crippen molar-refractivity contribution < 1.29 is 0 Å². The molecular formula is C16H19N3S2. The smallest absolute Gasteiger partial charge is 0.159 e. The molecule has 3 nitrogen and oxygen atoms in total. The number of rotatable bonds is 5. The van der Waals surface area contributed by atoms with Crippen molar-refractivity contribution in [2.45, 2.75) is 12.2 Å². The Hall–Kier alpha value is -1.30. The van der Waals surface area contributed by atoms with Crippen molar-refractivity contribution in [1.82, 2.24) is 10.2 Å². The lowest BCUT2D eigenvalue weighted by Crippen LogP contribution is -2.42. The van der Waals surface area contributed by atoms with Gasteiger partial charge in [-0.05, 0) is 23.4 Å². The minimum atomic E-state index is 0.801. The maximum Gasteiger partial charge on any atom is 0.159 e. The van der Waals surface area contributed by atoms with Crippen LogP contribution in [-0.2, 0) is 12.2 Å². The van der Waals surface area contributed by atoms with Crippen LogP contribution >= 0.6 is 23.1 Å². The molecule has 0 radical (unpaired) electrons. The average molecular weight is 317 g/mol. The zero-order valence-electron chi connectivity index (χ0n) is 11.9. The average Bonchev–Trinajstić information content (AvgIpc) is 3.06. The minimum absolute atomic E-state index is 0.801. The standard InChI is InChI=1S/C16H19N3S2/c1-2-5-14(6-3-1)11-21-16-17-12-19(13-18-16)9-8-15-7-4-10-20-15/h1-7,10H,8-9,11-13H2,(H,17,18). The largest absolute Gasteiger partial charge is 0.352 e. The van der Waals surface area contributed by atoms with Crippen LogP contribution < -0.4 is 5.32 Å². The first-order valence-electron chi connectivity index (χ1n) is 7.10. The minimum Gasteiger partial charge on any atom is -0.352 e. The first-order chi connectivity index (χ1) is 10.4. The Morgan fingerprint density at radius 1 is 1.19 bits per heavy atom. The highest BCUT2D eigenvalue weighted by molar-refractivity contribution is 8.13. The van der Waals surface area contributed by atoms with E-state index in [0.717, 1.165) is 37.2 Å². The Bertz CT molecular complexity index is 566. The van der Waals surface area contributed by atoms with Gasteiger partial charge in [0.05, 0.1) is 13.3 Å². The zero-order chi connectivity index (χ0) is 14.3. The second kappa shape index (κ2) is 7.64. The van der Waals surface area contributed by atoms with E-state index in [1.807, 2.05) is 11.3 Å². The number of hydrogen-bond acceptors (Lipinski definition) is 5. The molecule has 0 fully saturated rings. The molecule has 1 aromatic carbocycles. The number of nitrogens with one attached hydrogen (secondary N) is 1. The number of benzene rings is 1. The highest BCUT2D eigenvalue weighted by Crippen LogP contribution is 2.15. The Kier molecular flexibility index (Phi) is 5.32. The van der Waals surface area contributed by atoms with E-state index >= 15 is 0 Å². The predicted octanol–water partition coefficient (Wildman–Crippen LogP) is 3.40. The normalized spacial score (nSPS) is 15.5. The van der Waals surface area contributed by atoms with E-state index in [1.165, 1.54) is 10.4 Å². The highest BCUT2D eigenvalue weighted by Gasteiger charge is 2.12. The molecule has 1 aliphatic rings. The molecule has 3 rings (SSSR count). The third kappa shape index (κ3) is 4.59. The van der Waals surface area contributed by atoms with Crippen LogP contribution in [0.2, 0.25) is 0 Å². The first-order valence-corrected chi connectivity index (χ1v) is 8.96. The maximum absolute atomic E-state index is 4.62. The van der Waals surface area contributed by atoms with E-state index in [2.05, 4.69) is 63.1 Å². The number of thioether (sulfide) groups is 1. The van der Waals surface area contributed by atoms with Gasteiger partial charge in [-0.15, -0.1) is 11.3 Å². The predicted molar refractivity (Wildman–Crippen MR) is 92.8 cm³/mol. The van der Waals surface area contributed by atoms with Crippen molar-refractivity contribution in [3.63, 3.8) is 0 Å². The molecule has 0 amide bonds. The molecule has 1 aromatic heterocycles. The van der Waals surface area contributed by atoms with Crippen molar-refractivity contribution in [2.24, 2.45) is 4.99 Å². The molecule has 0 spiro atoms. The van der Waals surface area contributed by atoms with Gasteiger partial charge in [-0.3, -0.25) is 4.90 Å². The van der Waals surface area contributed by atoms with E-state index < -0.39 is 0 Å². The summed E-state index contributed by atoms with van der Waals surface area (Å²) in [7, 11) is 0. The van der Waals surface area contributed by atoms with Gasteiger partial charge in [-0.2, -0.15) is 0 Å². The van der Waals surface area contributed by atoms with Crippen LogP contribution in [0.5, 0.6) is 0 Å². The number of amidine groups is 1. The summed E-state index contributed by atoms with van der Waals surface area (Å²) in [5.41, 5.74) is 1.34. The molecule has 1 N–H and O–H groups in total. The molecule has 0 atom stereocenters. The van der Waals surface area contributed by atoms with Crippen LogP contribution in [0.15, 0.2) is 52.8 Å². The Morgan fingerprint density at radius 2 is 2.10 bits per heavy atom. The van der Waals surface area contributed by atoms with Gasteiger partial charge in [-0.1, -0.05) is 48.2 Å². The lowest BCUT2D eigenvalue weighted by atomic mass is 10.2. The quantitative estimate of drug-likeness (QED) is 0.916. The summed E-state index contributed by atoms with van der Waals surface area (Å²) in [4.78, 5) is 8.41. The van der Waals surface area contributed by atoms with E-state index in [4.69, 9.17) is 0 Å². The lowest BCUT2D eigenvalue weighted by molar-refractivity contribution is 0.271. The Balaban J connectivity index is 1.41. The van der Waals surface area contributed by atoms with Crippen LogP contribution in [0.1, 0.15) is 10.4 Å². The Labute approximate surface area is 134 Å². The molecule has 0 aliphatic carbocycles. The van der Waals surface area contributed by atoms with Crippen molar-refractivity contribution >= 4 is 28.3 Å². The van der Waals surface area contributed by atoms with Crippen molar-refractivity contribution in [3.8, 4) is 0 Å². The molecule has 110 valence electrons. The van der Waals surface area contributed by atoms with Gasteiger partial charge in [-0.25, -0.2) is 4.99 Å². The summed E-state index contributed by atoms with van der Waals surface area (Å²) in [6, 6.07) is 14.8. The van der Waals surface area contributed by atoms with Gasteiger partial charge >= 0.3 is 0 Å². The third-order valence-corrected chi connectivity index (χ3v) is 5.30. The van der Waals surface area contributed by atoms with Gasteiger partial charge in [0.2, 0.25) is 0 Å². The van der Waals surface area contributed by atoms with Gasteiger partial charge in [0, 0.05) is 17.2 Å². The summed E-state index contributed by atoms with van der Waals surface area (Å²) in [5, 5.41) is 6.61. The number of aliphatic imine (C=N–C) groups is 1.